The minimum absolute atomic E-state index is 0.214. The van der Waals surface area contributed by atoms with E-state index in [1.807, 2.05) is 0 Å². The Hall–Kier alpha value is -1.35. The number of aliphatic carboxylic acids is 1. The minimum Gasteiger partial charge on any atom is -0.481 e. The zero-order valence-corrected chi connectivity index (χ0v) is 12.4. The third kappa shape index (κ3) is 4.35. The predicted octanol–water partition coefficient (Wildman–Crippen LogP) is 2.84. The molecule has 0 spiro atoms. The van der Waals surface area contributed by atoms with Crippen LogP contribution in [0.3, 0.4) is 0 Å². The maximum absolute atomic E-state index is 11.0. The molecule has 3 heteroatoms. The highest BCUT2D eigenvalue weighted by molar-refractivity contribution is 5.70. The molecular formula is C16H25NO2. The van der Waals surface area contributed by atoms with Crippen LogP contribution in [0.4, 0.5) is 0 Å². The van der Waals surface area contributed by atoms with Gasteiger partial charge in [0, 0.05) is 6.54 Å². The van der Waals surface area contributed by atoms with E-state index >= 15 is 0 Å². The molecule has 0 aliphatic heterocycles. The molecule has 3 N–H and O–H groups in total. The molecule has 2 unspecified atom stereocenters. The van der Waals surface area contributed by atoms with Crippen LogP contribution in [-0.2, 0) is 11.2 Å². The molecule has 1 aromatic rings. The molecule has 1 rings (SSSR count). The molecule has 0 aliphatic rings. The lowest BCUT2D eigenvalue weighted by Gasteiger charge is -2.19. The smallest absolute Gasteiger partial charge is 0.307 e. The number of nitrogens with two attached hydrogens (primary N) is 1. The van der Waals surface area contributed by atoms with Crippen molar-refractivity contribution in [1.29, 1.82) is 0 Å². The van der Waals surface area contributed by atoms with Gasteiger partial charge in [0.15, 0.2) is 0 Å². The maximum atomic E-state index is 11.0. The van der Waals surface area contributed by atoms with Crippen LogP contribution in [0.2, 0.25) is 0 Å². The van der Waals surface area contributed by atoms with Gasteiger partial charge in [0.25, 0.3) is 0 Å². The summed E-state index contributed by atoms with van der Waals surface area (Å²) in [6, 6.07) is 4.37. The van der Waals surface area contributed by atoms with E-state index < -0.39 is 11.9 Å². The molecule has 0 aromatic heterocycles. The number of rotatable bonds is 6. The van der Waals surface area contributed by atoms with Crippen LogP contribution in [0.15, 0.2) is 12.1 Å². The number of benzene rings is 1. The van der Waals surface area contributed by atoms with Crippen molar-refractivity contribution in [2.24, 2.45) is 17.6 Å². The van der Waals surface area contributed by atoms with Crippen molar-refractivity contribution in [3.8, 4) is 0 Å². The van der Waals surface area contributed by atoms with Gasteiger partial charge in [-0.25, -0.2) is 0 Å². The SMILES string of the molecule is Cc1cc(C)c(CC(C)CC(CN)C(=O)O)c(C)c1. The standard InChI is InChI=1S/C16H25NO2/c1-10-5-12(3)15(13(4)6-10)8-11(2)7-14(9-17)16(18)19/h5-6,11,14H,7-9,17H2,1-4H3,(H,18,19). The normalized spacial score (nSPS) is 14.2. The molecule has 0 radical (unpaired) electrons. The fourth-order valence-corrected chi connectivity index (χ4v) is 2.75. The molecule has 0 aliphatic carbocycles. The largest absolute Gasteiger partial charge is 0.481 e. The van der Waals surface area contributed by atoms with Crippen LogP contribution in [0.1, 0.15) is 35.6 Å². The highest BCUT2D eigenvalue weighted by Gasteiger charge is 2.19. The van der Waals surface area contributed by atoms with E-state index in [2.05, 4.69) is 39.8 Å². The van der Waals surface area contributed by atoms with Crippen LogP contribution in [0.25, 0.3) is 0 Å². The number of aryl methyl sites for hydroxylation is 3. The predicted molar refractivity (Wildman–Crippen MR) is 78.3 cm³/mol. The third-order valence-corrected chi connectivity index (χ3v) is 3.71. The van der Waals surface area contributed by atoms with Gasteiger partial charge in [0.05, 0.1) is 5.92 Å². The quantitative estimate of drug-likeness (QED) is 0.829. The van der Waals surface area contributed by atoms with Crippen LogP contribution in [0, 0.1) is 32.6 Å². The Labute approximate surface area is 115 Å². The summed E-state index contributed by atoms with van der Waals surface area (Å²) in [5.74, 6) is -0.891. The van der Waals surface area contributed by atoms with Gasteiger partial charge in [-0.15, -0.1) is 0 Å². The first-order valence-corrected chi connectivity index (χ1v) is 6.84. The Kier molecular flexibility index (Phi) is 5.55. The van der Waals surface area contributed by atoms with Crippen LogP contribution < -0.4 is 5.73 Å². The molecule has 3 nitrogen and oxygen atoms in total. The van der Waals surface area contributed by atoms with Crippen molar-refractivity contribution in [3.05, 3.63) is 34.4 Å². The minimum atomic E-state index is -0.785. The Morgan fingerprint density at radius 3 is 2.21 bits per heavy atom. The molecule has 0 amide bonds. The van der Waals surface area contributed by atoms with Gasteiger partial charge in [0.2, 0.25) is 0 Å². The molecule has 0 saturated heterocycles. The first-order chi connectivity index (χ1) is 8.85. The summed E-state index contributed by atoms with van der Waals surface area (Å²) >= 11 is 0. The second-order valence-electron chi connectivity index (χ2n) is 5.69. The Morgan fingerprint density at radius 2 is 1.79 bits per heavy atom. The topological polar surface area (TPSA) is 63.3 Å². The van der Waals surface area contributed by atoms with Crippen LogP contribution in [-0.4, -0.2) is 17.6 Å². The van der Waals surface area contributed by atoms with E-state index in [1.54, 1.807) is 0 Å². The van der Waals surface area contributed by atoms with Crippen molar-refractivity contribution in [3.63, 3.8) is 0 Å². The van der Waals surface area contributed by atoms with Crippen molar-refractivity contribution >= 4 is 5.97 Å². The molecule has 1 aromatic carbocycles. The highest BCUT2D eigenvalue weighted by Crippen LogP contribution is 2.23. The molecular weight excluding hydrogens is 238 g/mol. The Bertz CT molecular complexity index is 431. The average Bonchev–Trinajstić information content (AvgIpc) is 2.30. The molecule has 0 saturated carbocycles. The summed E-state index contributed by atoms with van der Waals surface area (Å²) in [6.45, 7) is 8.66. The van der Waals surface area contributed by atoms with Gasteiger partial charge < -0.3 is 10.8 Å². The van der Waals surface area contributed by atoms with Gasteiger partial charge in [-0.2, -0.15) is 0 Å². The van der Waals surface area contributed by atoms with Crippen molar-refractivity contribution in [1.82, 2.24) is 0 Å². The lowest BCUT2D eigenvalue weighted by atomic mass is 9.87. The van der Waals surface area contributed by atoms with Gasteiger partial charge in [-0.3, -0.25) is 4.79 Å². The molecule has 106 valence electrons. The summed E-state index contributed by atoms with van der Waals surface area (Å²) in [7, 11) is 0. The molecule has 0 fully saturated rings. The Balaban J connectivity index is 2.77. The number of hydrogen-bond acceptors (Lipinski definition) is 2. The highest BCUT2D eigenvalue weighted by atomic mass is 16.4. The van der Waals surface area contributed by atoms with E-state index in [9.17, 15) is 4.79 Å². The second kappa shape index (κ2) is 6.71. The zero-order chi connectivity index (χ0) is 14.6. The molecule has 2 atom stereocenters. The third-order valence-electron chi connectivity index (χ3n) is 3.71. The Morgan fingerprint density at radius 1 is 1.26 bits per heavy atom. The van der Waals surface area contributed by atoms with E-state index in [0.29, 0.717) is 12.3 Å². The van der Waals surface area contributed by atoms with E-state index in [-0.39, 0.29) is 6.54 Å². The summed E-state index contributed by atoms with van der Waals surface area (Å²) < 4.78 is 0. The summed E-state index contributed by atoms with van der Waals surface area (Å²) in [4.78, 5) is 11.0. The molecule has 0 heterocycles. The van der Waals surface area contributed by atoms with Gasteiger partial charge in [-0.05, 0) is 56.2 Å². The molecule has 19 heavy (non-hydrogen) atoms. The molecule has 0 bridgehead atoms. The van der Waals surface area contributed by atoms with Gasteiger partial charge in [0.1, 0.15) is 0 Å². The monoisotopic (exact) mass is 263 g/mol. The fourth-order valence-electron chi connectivity index (χ4n) is 2.75. The number of carboxylic acids is 1. The van der Waals surface area contributed by atoms with Crippen molar-refractivity contribution in [2.75, 3.05) is 6.54 Å². The first-order valence-electron chi connectivity index (χ1n) is 6.84. The van der Waals surface area contributed by atoms with Crippen molar-refractivity contribution in [2.45, 2.75) is 40.5 Å². The summed E-state index contributed by atoms with van der Waals surface area (Å²) in [5.41, 5.74) is 10.7. The first kappa shape index (κ1) is 15.7. The number of carboxylic acid groups (broad SMARTS) is 1. The van der Waals surface area contributed by atoms with Crippen LogP contribution in [0.5, 0.6) is 0 Å². The van der Waals surface area contributed by atoms with Gasteiger partial charge >= 0.3 is 5.97 Å². The van der Waals surface area contributed by atoms with Gasteiger partial charge in [-0.1, -0.05) is 24.6 Å². The van der Waals surface area contributed by atoms with E-state index in [4.69, 9.17) is 10.8 Å². The maximum Gasteiger partial charge on any atom is 0.307 e. The lowest BCUT2D eigenvalue weighted by molar-refractivity contribution is -0.141. The number of hydrogen-bond donors (Lipinski definition) is 2. The van der Waals surface area contributed by atoms with Crippen molar-refractivity contribution < 1.29 is 9.90 Å². The summed E-state index contributed by atoms with van der Waals surface area (Å²) in [6.07, 6.45) is 1.56. The zero-order valence-electron chi connectivity index (χ0n) is 12.4. The lowest BCUT2D eigenvalue weighted by Crippen LogP contribution is -2.25. The van der Waals surface area contributed by atoms with E-state index in [1.165, 1.54) is 22.3 Å². The van der Waals surface area contributed by atoms with Crippen LogP contribution >= 0.6 is 0 Å². The fraction of sp³-hybridized carbons (Fsp3) is 0.562. The number of carbonyl (C=O) groups is 1. The summed E-state index contributed by atoms with van der Waals surface area (Å²) in [5, 5.41) is 9.05. The van der Waals surface area contributed by atoms with E-state index in [0.717, 1.165) is 6.42 Å². The second-order valence-corrected chi connectivity index (χ2v) is 5.69. The average molecular weight is 263 g/mol.